The highest BCUT2D eigenvalue weighted by Crippen LogP contribution is 2.38. The molecule has 11 heavy (non-hydrogen) atoms. The third-order valence-corrected chi connectivity index (χ3v) is 2.15. The molecule has 0 unspecified atom stereocenters. The molecule has 0 aliphatic rings. The second kappa shape index (κ2) is 3.44. The lowest BCUT2D eigenvalue weighted by molar-refractivity contribution is 1.22. The van der Waals surface area contributed by atoms with E-state index in [0.29, 0.717) is 5.56 Å². The normalized spacial score (nSPS) is 11.6. The third-order valence-electron chi connectivity index (χ3n) is 1.19. The van der Waals surface area contributed by atoms with E-state index in [-0.39, 0.29) is 0 Å². The van der Waals surface area contributed by atoms with Gasteiger partial charge in [-0.15, -0.1) is 12.6 Å². The molecule has 0 aliphatic heterocycles. The van der Waals surface area contributed by atoms with Crippen molar-refractivity contribution in [3.05, 3.63) is 29.8 Å². The molecule has 1 aromatic carbocycles. The molecule has 0 aromatic heterocycles. The van der Waals surface area contributed by atoms with E-state index in [4.69, 9.17) is 34.8 Å². The Bertz CT molecular complexity index is 237. The van der Waals surface area contributed by atoms with Gasteiger partial charge in [-0.1, -0.05) is 46.9 Å². The van der Waals surface area contributed by atoms with E-state index in [9.17, 15) is 0 Å². The summed E-state index contributed by atoms with van der Waals surface area (Å²) in [5.41, 5.74) is 0.653. The number of alkyl halides is 3. The predicted molar refractivity (Wildman–Crippen MR) is 52.9 cm³/mol. The molecule has 0 heterocycles. The Morgan fingerprint density at radius 2 is 1.45 bits per heavy atom. The number of thiol groups is 1. The van der Waals surface area contributed by atoms with Gasteiger partial charge < -0.3 is 0 Å². The molecule has 0 amide bonds. The van der Waals surface area contributed by atoms with Crippen LogP contribution in [0.1, 0.15) is 5.56 Å². The van der Waals surface area contributed by atoms with Crippen LogP contribution in [0.15, 0.2) is 29.2 Å². The molecule has 0 saturated carbocycles. The van der Waals surface area contributed by atoms with Crippen molar-refractivity contribution < 1.29 is 0 Å². The quantitative estimate of drug-likeness (QED) is 0.506. The van der Waals surface area contributed by atoms with Gasteiger partial charge in [-0.05, 0) is 12.1 Å². The van der Waals surface area contributed by atoms with Crippen LogP contribution in [-0.2, 0) is 3.79 Å². The molecule has 0 saturated heterocycles. The minimum Gasteiger partial charge on any atom is -0.143 e. The molecule has 0 N–H and O–H groups in total. The molecule has 60 valence electrons. The second-order valence-electron chi connectivity index (χ2n) is 2.04. The van der Waals surface area contributed by atoms with Crippen molar-refractivity contribution >= 4 is 47.4 Å². The molecule has 1 rings (SSSR count). The average molecular weight is 228 g/mol. The Hall–Kier alpha value is 0.440. The van der Waals surface area contributed by atoms with Crippen molar-refractivity contribution in [1.29, 1.82) is 0 Å². The van der Waals surface area contributed by atoms with Gasteiger partial charge >= 0.3 is 0 Å². The summed E-state index contributed by atoms with van der Waals surface area (Å²) >= 11 is 20.9. The Morgan fingerprint density at radius 3 is 1.82 bits per heavy atom. The average Bonchev–Trinajstić information content (AvgIpc) is 1.86. The number of benzene rings is 1. The standard InChI is InChI=1S/C7H5Cl3S/c8-7(9,10)5-1-3-6(11)4-2-5/h1-4,11H. The van der Waals surface area contributed by atoms with E-state index >= 15 is 0 Å². The van der Waals surface area contributed by atoms with Gasteiger partial charge in [0.2, 0.25) is 3.79 Å². The van der Waals surface area contributed by atoms with Crippen LogP contribution in [-0.4, -0.2) is 0 Å². The van der Waals surface area contributed by atoms with E-state index in [0.717, 1.165) is 4.90 Å². The second-order valence-corrected chi connectivity index (χ2v) is 4.84. The summed E-state index contributed by atoms with van der Waals surface area (Å²) in [6.07, 6.45) is 0. The van der Waals surface area contributed by atoms with E-state index in [1.807, 2.05) is 0 Å². The third kappa shape index (κ3) is 2.75. The zero-order valence-electron chi connectivity index (χ0n) is 5.39. The first kappa shape index (κ1) is 9.53. The summed E-state index contributed by atoms with van der Waals surface area (Å²) in [6, 6.07) is 7.02. The fraction of sp³-hybridized carbons (Fsp3) is 0.143. The highest BCUT2D eigenvalue weighted by atomic mass is 35.6. The van der Waals surface area contributed by atoms with Crippen LogP contribution in [0.5, 0.6) is 0 Å². The van der Waals surface area contributed by atoms with E-state index in [2.05, 4.69) is 12.6 Å². The van der Waals surface area contributed by atoms with Crippen molar-refractivity contribution in [2.75, 3.05) is 0 Å². The van der Waals surface area contributed by atoms with Gasteiger partial charge in [-0.3, -0.25) is 0 Å². The summed E-state index contributed by atoms with van der Waals surface area (Å²) in [7, 11) is 0. The van der Waals surface area contributed by atoms with E-state index < -0.39 is 3.79 Å². The molecule has 0 aliphatic carbocycles. The monoisotopic (exact) mass is 226 g/mol. The Morgan fingerprint density at radius 1 is 1.00 bits per heavy atom. The van der Waals surface area contributed by atoms with Crippen molar-refractivity contribution in [2.24, 2.45) is 0 Å². The lowest BCUT2D eigenvalue weighted by Gasteiger charge is -2.10. The fourth-order valence-corrected chi connectivity index (χ4v) is 1.18. The first-order chi connectivity index (χ1) is 5.00. The predicted octanol–water partition coefficient (Wildman–Crippen LogP) is 3.80. The van der Waals surface area contributed by atoms with Crippen LogP contribution in [0.4, 0.5) is 0 Å². The smallest absolute Gasteiger partial charge is 0.143 e. The Balaban J connectivity index is 2.99. The van der Waals surface area contributed by atoms with Crippen LogP contribution in [0.3, 0.4) is 0 Å². The van der Waals surface area contributed by atoms with Crippen molar-refractivity contribution in [2.45, 2.75) is 8.69 Å². The summed E-state index contributed by atoms with van der Waals surface area (Å²) in [4.78, 5) is 0.850. The van der Waals surface area contributed by atoms with Crippen LogP contribution in [0.25, 0.3) is 0 Å². The molecule has 0 atom stereocenters. The van der Waals surface area contributed by atoms with E-state index in [1.165, 1.54) is 0 Å². The van der Waals surface area contributed by atoms with E-state index in [1.54, 1.807) is 24.3 Å². The maximum Gasteiger partial charge on any atom is 0.216 e. The summed E-state index contributed by atoms with van der Waals surface area (Å²) in [5, 5.41) is 0. The molecular weight excluding hydrogens is 223 g/mol. The zero-order valence-corrected chi connectivity index (χ0v) is 8.55. The molecule has 0 bridgehead atoms. The highest BCUT2D eigenvalue weighted by molar-refractivity contribution is 7.80. The minimum atomic E-state index is -1.33. The first-order valence-electron chi connectivity index (χ1n) is 2.86. The topological polar surface area (TPSA) is 0 Å². The Labute approximate surface area is 85.9 Å². The van der Waals surface area contributed by atoms with Crippen molar-refractivity contribution in [1.82, 2.24) is 0 Å². The molecule has 4 heteroatoms. The lowest BCUT2D eigenvalue weighted by Crippen LogP contribution is -1.98. The van der Waals surface area contributed by atoms with Gasteiger partial charge in [0.05, 0.1) is 0 Å². The molecule has 1 aromatic rings. The largest absolute Gasteiger partial charge is 0.216 e. The van der Waals surface area contributed by atoms with Crippen molar-refractivity contribution in [3.63, 3.8) is 0 Å². The van der Waals surface area contributed by atoms with Crippen LogP contribution in [0.2, 0.25) is 0 Å². The SMILES string of the molecule is Sc1ccc(C(Cl)(Cl)Cl)cc1. The number of halogens is 3. The highest BCUT2D eigenvalue weighted by Gasteiger charge is 2.21. The van der Waals surface area contributed by atoms with Crippen LogP contribution in [0, 0.1) is 0 Å². The molecule has 0 fully saturated rings. The number of hydrogen-bond acceptors (Lipinski definition) is 1. The van der Waals surface area contributed by atoms with Crippen LogP contribution >= 0.6 is 47.4 Å². The Kier molecular flexibility index (Phi) is 2.98. The first-order valence-corrected chi connectivity index (χ1v) is 4.44. The molecular formula is C7H5Cl3S. The number of hydrogen-bond donors (Lipinski definition) is 1. The molecule has 0 nitrogen and oxygen atoms in total. The van der Waals surface area contributed by atoms with Crippen LogP contribution < -0.4 is 0 Å². The summed E-state index contributed by atoms with van der Waals surface area (Å²) in [5.74, 6) is 0. The lowest BCUT2D eigenvalue weighted by atomic mass is 10.2. The molecule has 0 spiro atoms. The molecule has 0 radical (unpaired) electrons. The summed E-state index contributed by atoms with van der Waals surface area (Å²) < 4.78 is -1.33. The van der Waals surface area contributed by atoms with Crippen molar-refractivity contribution in [3.8, 4) is 0 Å². The fourth-order valence-electron chi connectivity index (χ4n) is 0.650. The minimum absolute atomic E-state index is 0.653. The number of rotatable bonds is 0. The maximum absolute atomic E-state index is 5.62. The zero-order chi connectivity index (χ0) is 8.48. The van der Waals surface area contributed by atoms with Gasteiger partial charge in [-0.2, -0.15) is 0 Å². The van der Waals surface area contributed by atoms with Gasteiger partial charge in [0, 0.05) is 10.5 Å². The van der Waals surface area contributed by atoms with Gasteiger partial charge in [0.1, 0.15) is 0 Å². The van der Waals surface area contributed by atoms with Gasteiger partial charge in [0.15, 0.2) is 0 Å². The summed E-state index contributed by atoms with van der Waals surface area (Å²) in [6.45, 7) is 0. The maximum atomic E-state index is 5.62. The van der Waals surface area contributed by atoms with Gasteiger partial charge in [0.25, 0.3) is 0 Å². The van der Waals surface area contributed by atoms with Gasteiger partial charge in [-0.25, -0.2) is 0 Å².